The minimum atomic E-state index is 0.169. The van der Waals surface area contributed by atoms with Crippen molar-refractivity contribution in [3.8, 4) is 6.07 Å². The number of thioether (sulfide) groups is 1. The molecule has 1 fully saturated rings. The second-order valence-corrected chi connectivity index (χ2v) is 5.61. The molecule has 5 heteroatoms. The lowest BCUT2D eigenvalue weighted by Crippen LogP contribution is -2.42. The molecule has 0 bridgehead atoms. The van der Waals surface area contributed by atoms with Gasteiger partial charge in [0.05, 0.1) is 24.0 Å². The van der Waals surface area contributed by atoms with Gasteiger partial charge in [0.15, 0.2) is 0 Å². The Morgan fingerprint density at radius 2 is 2.47 bits per heavy atom. The summed E-state index contributed by atoms with van der Waals surface area (Å²) >= 11 is 1.70. The van der Waals surface area contributed by atoms with Gasteiger partial charge in [-0.25, -0.2) is 0 Å². The summed E-state index contributed by atoms with van der Waals surface area (Å²) in [5.41, 5.74) is 1.63. The number of hydrogen-bond acceptors (Lipinski definition) is 5. The van der Waals surface area contributed by atoms with E-state index in [0.717, 1.165) is 48.1 Å². The number of ether oxygens (including phenoxy) is 1. The molecule has 0 spiro atoms. The molecule has 2 N–H and O–H groups in total. The van der Waals surface area contributed by atoms with Crippen LogP contribution >= 0.6 is 11.8 Å². The van der Waals surface area contributed by atoms with Crippen LogP contribution in [-0.4, -0.2) is 38.1 Å². The SMILES string of the molecule is CCSc1cccc(NCC2CNCCO2)c1C#N. The van der Waals surface area contributed by atoms with Gasteiger partial charge in [0.1, 0.15) is 6.07 Å². The molecule has 2 rings (SSSR count). The molecular formula is C14H19N3OS. The van der Waals surface area contributed by atoms with Gasteiger partial charge in [0, 0.05) is 24.5 Å². The molecule has 1 aromatic rings. The van der Waals surface area contributed by atoms with Crippen LogP contribution in [0, 0.1) is 11.3 Å². The molecule has 0 amide bonds. The van der Waals surface area contributed by atoms with Crippen LogP contribution in [0.3, 0.4) is 0 Å². The summed E-state index contributed by atoms with van der Waals surface area (Å²) in [6, 6.07) is 8.23. The number of nitriles is 1. The standard InChI is InChI=1S/C14H19N3OS/c1-2-19-14-5-3-4-13(12(14)8-15)17-10-11-9-16-6-7-18-11/h3-5,11,16-17H,2,6-7,9-10H2,1H3. The van der Waals surface area contributed by atoms with E-state index >= 15 is 0 Å². The predicted molar refractivity (Wildman–Crippen MR) is 78.7 cm³/mol. The van der Waals surface area contributed by atoms with Gasteiger partial charge in [-0.15, -0.1) is 11.8 Å². The fourth-order valence-corrected chi connectivity index (χ4v) is 2.83. The van der Waals surface area contributed by atoms with E-state index in [1.807, 2.05) is 18.2 Å². The Labute approximate surface area is 118 Å². The fraction of sp³-hybridized carbons (Fsp3) is 0.500. The number of anilines is 1. The van der Waals surface area contributed by atoms with E-state index < -0.39 is 0 Å². The summed E-state index contributed by atoms with van der Waals surface area (Å²) in [7, 11) is 0. The third kappa shape index (κ3) is 3.87. The molecule has 1 aliphatic rings. The van der Waals surface area contributed by atoms with Crippen molar-refractivity contribution in [1.29, 1.82) is 5.26 Å². The van der Waals surface area contributed by atoms with Gasteiger partial charge in [-0.3, -0.25) is 0 Å². The minimum Gasteiger partial charge on any atom is -0.381 e. The van der Waals surface area contributed by atoms with Crippen molar-refractivity contribution in [2.75, 3.05) is 37.3 Å². The zero-order chi connectivity index (χ0) is 13.5. The third-order valence-corrected chi connectivity index (χ3v) is 3.90. The smallest absolute Gasteiger partial charge is 0.102 e. The normalized spacial score (nSPS) is 18.8. The van der Waals surface area contributed by atoms with E-state index in [2.05, 4.69) is 23.6 Å². The number of benzene rings is 1. The zero-order valence-corrected chi connectivity index (χ0v) is 11.9. The molecule has 0 saturated carbocycles. The quantitative estimate of drug-likeness (QED) is 0.807. The highest BCUT2D eigenvalue weighted by Crippen LogP contribution is 2.27. The summed E-state index contributed by atoms with van der Waals surface area (Å²) in [4.78, 5) is 1.04. The maximum atomic E-state index is 9.32. The Morgan fingerprint density at radius 1 is 1.58 bits per heavy atom. The second kappa shape index (κ2) is 7.39. The Hall–Kier alpha value is -1.22. The monoisotopic (exact) mass is 277 g/mol. The molecule has 1 heterocycles. The highest BCUT2D eigenvalue weighted by atomic mass is 32.2. The molecule has 1 atom stereocenters. The maximum absolute atomic E-state index is 9.32. The van der Waals surface area contributed by atoms with Crippen molar-refractivity contribution < 1.29 is 4.74 Å². The Morgan fingerprint density at radius 3 is 3.16 bits per heavy atom. The third-order valence-electron chi connectivity index (χ3n) is 2.96. The van der Waals surface area contributed by atoms with Gasteiger partial charge >= 0.3 is 0 Å². The van der Waals surface area contributed by atoms with Gasteiger partial charge < -0.3 is 15.4 Å². The highest BCUT2D eigenvalue weighted by molar-refractivity contribution is 7.99. The fourth-order valence-electron chi connectivity index (χ4n) is 2.04. The average molecular weight is 277 g/mol. The molecule has 4 nitrogen and oxygen atoms in total. The van der Waals surface area contributed by atoms with Crippen LogP contribution < -0.4 is 10.6 Å². The van der Waals surface area contributed by atoms with Gasteiger partial charge in [-0.1, -0.05) is 13.0 Å². The minimum absolute atomic E-state index is 0.169. The number of nitrogens with zero attached hydrogens (tertiary/aromatic N) is 1. The van der Waals surface area contributed by atoms with Crippen LogP contribution in [0.1, 0.15) is 12.5 Å². The van der Waals surface area contributed by atoms with Gasteiger partial charge in [0.25, 0.3) is 0 Å². The molecule has 0 radical (unpaired) electrons. The van der Waals surface area contributed by atoms with Crippen molar-refractivity contribution in [2.45, 2.75) is 17.9 Å². The van der Waals surface area contributed by atoms with Crippen LogP contribution in [0.25, 0.3) is 0 Å². The Kier molecular flexibility index (Phi) is 5.52. The van der Waals surface area contributed by atoms with Crippen LogP contribution in [0.5, 0.6) is 0 Å². The van der Waals surface area contributed by atoms with E-state index in [0.29, 0.717) is 0 Å². The lowest BCUT2D eigenvalue weighted by Gasteiger charge is -2.24. The first-order valence-corrected chi connectivity index (χ1v) is 7.55. The van der Waals surface area contributed by atoms with E-state index in [1.54, 1.807) is 11.8 Å². The molecule has 0 aromatic heterocycles. The molecule has 19 heavy (non-hydrogen) atoms. The maximum Gasteiger partial charge on any atom is 0.102 e. The topological polar surface area (TPSA) is 57.1 Å². The van der Waals surface area contributed by atoms with Crippen molar-refractivity contribution >= 4 is 17.4 Å². The lowest BCUT2D eigenvalue weighted by atomic mass is 10.2. The Bertz CT molecular complexity index is 452. The molecule has 1 aromatic carbocycles. The van der Waals surface area contributed by atoms with Crippen molar-refractivity contribution in [1.82, 2.24) is 5.32 Å². The molecule has 1 saturated heterocycles. The first-order valence-electron chi connectivity index (χ1n) is 6.57. The van der Waals surface area contributed by atoms with Gasteiger partial charge in [0.2, 0.25) is 0 Å². The highest BCUT2D eigenvalue weighted by Gasteiger charge is 2.14. The largest absolute Gasteiger partial charge is 0.381 e. The van der Waals surface area contributed by atoms with E-state index in [1.165, 1.54) is 0 Å². The van der Waals surface area contributed by atoms with E-state index in [4.69, 9.17) is 4.74 Å². The molecule has 0 aliphatic carbocycles. The number of morpholine rings is 1. The molecule has 1 unspecified atom stereocenters. The van der Waals surface area contributed by atoms with Crippen molar-refractivity contribution in [3.05, 3.63) is 23.8 Å². The van der Waals surface area contributed by atoms with Gasteiger partial charge in [-0.2, -0.15) is 5.26 Å². The van der Waals surface area contributed by atoms with Crippen LogP contribution in [0.2, 0.25) is 0 Å². The predicted octanol–water partition coefficient (Wildman–Crippen LogP) is 2.07. The molecule has 1 aliphatic heterocycles. The first kappa shape index (κ1) is 14.2. The second-order valence-electron chi connectivity index (χ2n) is 4.30. The summed E-state index contributed by atoms with van der Waals surface area (Å²) < 4.78 is 5.64. The molecular weight excluding hydrogens is 258 g/mol. The first-order chi connectivity index (χ1) is 9.35. The van der Waals surface area contributed by atoms with Crippen LogP contribution in [0.15, 0.2) is 23.1 Å². The van der Waals surface area contributed by atoms with E-state index in [-0.39, 0.29) is 6.10 Å². The Balaban J connectivity index is 2.02. The van der Waals surface area contributed by atoms with Crippen LogP contribution in [-0.2, 0) is 4.74 Å². The van der Waals surface area contributed by atoms with Crippen LogP contribution in [0.4, 0.5) is 5.69 Å². The zero-order valence-electron chi connectivity index (χ0n) is 11.1. The molecule has 102 valence electrons. The van der Waals surface area contributed by atoms with Gasteiger partial charge in [-0.05, 0) is 17.9 Å². The number of nitrogens with one attached hydrogen (secondary N) is 2. The summed E-state index contributed by atoms with van der Waals surface area (Å²) in [5, 5.41) is 15.9. The number of hydrogen-bond donors (Lipinski definition) is 2. The summed E-state index contributed by atoms with van der Waals surface area (Å²) in [6.07, 6.45) is 0.169. The summed E-state index contributed by atoms with van der Waals surface area (Å²) in [5.74, 6) is 0.966. The van der Waals surface area contributed by atoms with Crippen molar-refractivity contribution in [2.24, 2.45) is 0 Å². The van der Waals surface area contributed by atoms with E-state index in [9.17, 15) is 5.26 Å². The number of rotatable bonds is 5. The lowest BCUT2D eigenvalue weighted by molar-refractivity contribution is 0.0372. The average Bonchev–Trinajstić information content (AvgIpc) is 2.46. The summed E-state index contributed by atoms with van der Waals surface area (Å²) in [6.45, 7) is 5.35. The van der Waals surface area contributed by atoms with Crippen molar-refractivity contribution in [3.63, 3.8) is 0 Å².